The first kappa shape index (κ1) is 17.9. The van der Waals surface area contributed by atoms with Gasteiger partial charge in [-0.1, -0.05) is 0 Å². The molecular formula is C12H22O10. The first-order valence-electron chi connectivity index (χ1n) is 6.93. The predicted molar refractivity (Wildman–Crippen MR) is 67.2 cm³/mol. The minimum atomic E-state index is -1.67. The van der Waals surface area contributed by atoms with Gasteiger partial charge in [-0.2, -0.15) is 0 Å². The van der Waals surface area contributed by atoms with Gasteiger partial charge in [0.15, 0.2) is 12.6 Å². The van der Waals surface area contributed by atoms with Gasteiger partial charge in [0.2, 0.25) is 0 Å². The fraction of sp³-hybridized carbons (Fsp3) is 1.00. The van der Waals surface area contributed by atoms with Crippen LogP contribution in [0.2, 0.25) is 0 Å². The lowest BCUT2D eigenvalue weighted by atomic mass is 9.97. The fourth-order valence-electron chi connectivity index (χ4n) is 2.51. The number of aliphatic hydroxyl groups excluding tert-OH is 7. The van der Waals surface area contributed by atoms with Crippen LogP contribution in [0.25, 0.3) is 0 Å². The lowest BCUT2D eigenvalue weighted by Crippen LogP contribution is -2.63. The zero-order valence-electron chi connectivity index (χ0n) is 11.8. The van der Waals surface area contributed by atoms with Gasteiger partial charge >= 0.3 is 0 Å². The van der Waals surface area contributed by atoms with Crippen LogP contribution >= 0.6 is 0 Å². The maximum atomic E-state index is 9.96. The molecule has 0 unspecified atom stereocenters. The number of hydrogen-bond acceptors (Lipinski definition) is 10. The van der Waals surface area contributed by atoms with Gasteiger partial charge in [0.05, 0.1) is 12.7 Å². The van der Waals surface area contributed by atoms with Gasteiger partial charge in [0, 0.05) is 0 Å². The van der Waals surface area contributed by atoms with E-state index in [2.05, 4.69) is 0 Å². The number of aliphatic hydroxyl groups is 7. The average molecular weight is 326 g/mol. The highest BCUT2D eigenvalue weighted by Crippen LogP contribution is 2.28. The summed E-state index contributed by atoms with van der Waals surface area (Å²) in [5.41, 5.74) is 0. The summed E-state index contributed by atoms with van der Waals surface area (Å²) in [6.45, 7) is 0.812. The minimum absolute atomic E-state index is 0.636. The molecule has 0 aliphatic carbocycles. The van der Waals surface area contributed by atoms with Crippen molar-refractivity contribution in [1.82, 2.24) is 0 Å². The Kier molecular flexibility index (Phi) is 5.72. The van der Waals surface area contributed by atoms with E-state index in [0.717, 1.165) is 0 Å². The Hall–Kier alpha value is -0.400. The molecule has 0 aromatic carbocycles. The maximum Gasteiger partial charge on any atom is 0.187 e. The quantitative estimate of drug-likeness (QED) is 0.269. The van der Waals surface area contributed by atoms with Crippen LogP contribution in [0.4, 0.5) is 0 Å². The topological polar surface area (TPSA) is 169 Å². The van der Waals surface area contributed by atoms with Gasteiger partial charge in [-0.3, -0.25) is 0 Å². The van der Waals surface area contributed by atoms with Crippen molar-refractivity contribution in [2.75, 3.05) is 6.61 Å². The van der Waals surface area contributed by atoms with Crippen LogP contribution in [0.3, 0.4) is 0 Å². The highest BCUT2D eigenvalue weighted by Gasteiger charge is 2.49. The second kappa shape index (κ2) is 7.01. The van der Waals surface area contributed by atoms with Crippen LogP contribution in [0.1, 0.15) is 6.92 Å². The van der Waals surface area contributed by atoms with Crippen LogP contribution in [-0.4, -0.2) is 104 Å². The van der Waals surface area contributed by atoms with Crippen molar-refractivity contribution in [1.29, 1.82) is 0 Å². The third-order valence-electron chi connectivity index (χ3n) is 3.94. The summed E-state index contributed by atoms with van der Waals surface area (Å²) < 4.78 is 15.3. The Balaban J connectivity index is 2.10. The molecule has 2 rings (SSSR count). The van der Waals surface area contributed by atoms with Crippen LogP contribution in [-0.2, 0) is 14.2 Å². The van der Waals surface area contributed by atoms with E-state index in [0.29, 0.717) is 0 Å². The van der Waals surface area contributed by atoms with Crippen molar-refractivity contribution in [3.05, 3.63) is 0 Å². The van der Waals surface area contributed by atoms with E-state index in [9.17, 15) is 30.6 Å². The van der Waals surface area contributed by atoms with Crippen molar-refractivity contribution >= 4 is 0 Å². The van der Waals surface area contributed by atoms with Gasteiger partial charge in [0.25, 0.3) is 0 Å². The fourth-order valence-corrected chi connectivity index (χ4v) is 2.51. The van der Waals surface area contributed by atoms with E-state index < -0.39 is 68.0 Å². The van der Waals surface area contributed by atoms with E-state index >= 15 is 0 Å². The van der Waals surface area contributed by atoms with Crippen molar-refractivity contribution in [2.24, 2.45) is 0 Å². The Morgan fingerprint density at radius 1 is 0.818 bits per heavy atom. The van der Waals surface area contributed by atoms with Crippen molar-refractivity contribution < 1.29 is 50.0 Å². The molecule has 0 spiro atoms. The molecule has 2 fully saturated rings. The van der Waals surface area contributed by atoms with E-state index in [4.69, 9.17) is 19.3 Å². The molecule has 2 aliphatic heterocycles. The Labute approximate surface area is 126 Å². The van der Waals surface area contributed by atoms with Crippen molar-refractivity contribution in [3.8, 4) is 0 Å². The molecule has 10 heteroatoms. The van der Waals surface area contributed by atoms with Gasteiger partial charge in [-0.25, -0.2) is 0 Å². The summed E-state index contributed by atoms with van der Waals surface area (Å²) in [4.78, 5) is 0. The second-order valence-electron chi connectivity index (χ2n) is 5.51. The van der Waals surface area contributed by atoms with Crippen LogP contribution in [0.15, 0.2) is 0 Å². The molecule has 0 aromatic heterocycles. The Morgan fingerprint density at radius 2 is 1.45 bits per heavy atom. The molecule has 0 radical (unpaired) electrons. The highest BCUT2D eigenvalue weighted by molar-refractivity contribution is 4.92. The summed E-state index contributed by atoms with van der Waals surface area (Å²) in [6.07, 6.45) is -14.3. The molecule has 0 aromatic rings. The zero-order valence-corrected chi connectivity index (χ0v) is 11.8. The molecule has 0 amide bonds. The molecule has 130 valence electrons. The van der Waals surface area contributed by atoms with E-state index in [-0.39, 0.29) is 0 Å². The van der Waals surface area contributed by atoms with Gasteiger partial charge in [0.1, 0.15) is 42.7 Å². The summed E-state index contributed by atoms with van der Waals surface area (Å²) in [6, 6.07) is 0. The standard InChI is InChI=1S/C12H22O10/c1-3-5(14)10(9(18)11(19)20-3)22-12-8(17)7(16)6(15)4(2-13)21-12/h3-19H,2H2,1H3/t3-,4+,5-,6-,7-,8-,9-,10+,11+,12+/m1/s1. The van der Waals surface area contributed by atoms with Crippen molar-refractivity contribution in [2.45, 2.75) is 68.3 Å². The number of hydrogen-bond donors (Lipinski definition) is 7. The molecule has 0 bridgehead atoms. The Bertz CT molecular complexity index is 352. The third kappa shape index (κ3) is 3.26. The molecule has 10 nitrogen and oxygen atoms in total. The largest absolute Gasteiger partial charge is 0.394 e. The van der Waals surface area contributed by atoms with Crippen LogP contribution in [0, 0.1) is 0 Å². The second-order valence-corrected chi connectivity index (χ2v) is 5.51. The highest BCUT2D eigenvalue weighted by atomic mass is 16.7. The van der Waals surface area contributed by atoms with Gasteiger partial charge < -0.3 is 50.0 Å². The van der Waals surface area contributed by atoms with Gasteiger partial charge in [-0.05, 0) is 6.92 Å². The molecule has 2 aliphatic rings. The molecular weight excluding hydrogens is 304 g/mol. The molecule has 10 atom stereocenters. The lowest BCUT2D eigenvalue weighted by molar-refractivity contribution is -0.353. The average Bonchev–Trinajstić information content (AvgIpc) is 2.49. The number of rotatable bonds is 3. The smallest absolute Gasteiger partial charge is 0.187 e. The lowest BCUT2D eigenvalue weighted by Gasteiger charge is -2.44. The SMILES string of the molecule is C[C@H]1O[C@H](O)[C@H](O)[C@@H](O[C@@H]2O[C@@H](CO)[C@@H](O)[C@@H](O)[C@H]2O)[C@@H]1O. The first-order valence-corrected chi connectivity index (χ1v) is 6.93. The van der Waals surface area contributed by atoms with Crippen LogP contribution < -0.4 is 0 Å². The number of ether oxygens (including phenoxy) is 3. The Morgan fingerprint density at radius 3 is 2.05 bits per heavy atom. The summed E-state index contributed by atoms with van der Waals surface area (Å²) in [5, 5.41) is 67.6. The van der Waals surface area contributed by atoms with E-state index in [1.165, 1.54) is 6.92 Å². The zero-order chi connectivity index (χ0) is 16.6. The summed E-state index contributed by atoms with van der Waals surface area (Å²) >= 11 is 0. The third-order valence-corrected chi connectivity index (χ3v) is 3.94. The maximum absolute atomic E-state index is 9.96. The molecule has 7 N–H and O–H groups in total. The molecule has 22 heavy (non-hydrogen) atoms. The van der Waals surface area contributed by atoms with Crippen LogP contribution in [0.5, 0.6) is 0 Å². The first-order chi connectivity index (χ1) is 10.3. The van der Waals surface area contributed by atoms with Crippen molar-refractivity contribution in [3.63, 3.8) is 0 Å². The van der Waals surface area contributed by atoms with E-state index in [1.807, 2.05) is 0 Å². The summed E-state index contributed by atoms with van der Waals surface area (Å²) in [7, 11) is 0. The monoisotopic (exact) mass is 326 g/mol. The normalized spacial score (nSPS) is 53.5. The molecule has 2 saturated heterocycles. The summed E-state index contributed by atoms with van der Waals surface area (Å²) in [5.74, 6) is 0. The predicted octanol–water partition coefficient (Wildman–Crippen LogP) is -4.37. The van der Waals surface area contributed by atoms with E-state index in [1.54, 1.807) is 0 Å². The van der Waals surface area contributed by atoms with Gasteiger partial charge in [-0.15, -0.1) is 0 Å². The molecule has 0 saturated carbocycles. The minimum Gasteiger partial charge on any atom is -0.394 e. The molecule has 2 heterocycles.